The van der Waals surface area contributed by atoms with E-state index in [2.05, 4.69) is 22.9 Å². The van der Waals surface area contributed by atoms with Crippen molar-refractivity contribution in [2.75, 3.05) is 0 Å². The molecule has 1 aromatic rings. The van der Waals surface area contributed by atoms with Gasteiger partial charge in [-0.25, -0.2) is 4.72 Å². The van der Waals surface area contributed by atoms with Crippen molar-refractivity contribution in [3.8, 4) is 0 Å². The lowest BCUT2D eigenvalue weighted by Crippen LogP contribution is -2.50. The van der Waals surface area contributed by atoms with Crippen molar-refractivity contribution in [3.05, 3.63) is 88.6 Å². The molecule has 5 nitrogen and oxygen atoms in total. The molecule has 8 heteroatoms. The second kappa shape index (κ2) is 15.1. The van der Waals surface area contributed by atoms with Crippen molar-refractivity contribution in [2.45, 2.75) is 64.9 Å². The summed E-state index contributed by atoms with van der Waals surface area (Å²) in [6, 6.07) is -0.798. The van der Waals surface area contributed by atoms with Crippen LogP contribution in [0.2, 0.25) is 5.02 Å². The highest BCUT2D eigenvalue weighted by molar-refractivity contribution is 8.14. The number of carbonyl (C=O) groups is 2. The largest absolute Gasteiger partial charge is 0.456 e. The average molecular weight is 535 g/mol. The zero-order chi connectivity index (χ0) is 26.6. The molecular formula is C27H35ClN2O3S2. The second-order valence-electron chi connectivity index (χ2n) is 8.35. The second-order valence-corrected chi connectivity index (χ2v) is 11.5. The molecular weight excluding hydrogens is 500 g/mol. The van der Waals surface area contributed by atoms with Gasteiger partial charge < -0.3 is 4.74 Å². The van der Waals surface area contributed by atoms with E-state index in [9.17, 15) is 9.59 Å². The summed E-state index contributed by atoms with van der Waals surface area (Å²) in [4.78, 5) is 30.5. The maximum atomic E-state index is 13.6. The molecule has 2 unspecified atom stereocenters. The van der Waals surface area contributed by atoms with Gasteiger partial charge in [0, 0.05) is 35.4 Å². The smallest absolute Gasteiger partial charge is 0.326 e. The Kier molecular flexibility index (Phi) is 13.4. The monoisotopic (exact) mass is 534 g/mol. The number of aromatic nitrogens is 1. The topological polar surface area (TPSA) is 68.3 Å². The summed E-state index contributed by atoms with van der Waals surface area (Å²) in [7, 11) is 0. The van der Waals surface area contributed by atoms with E-state index in [4.69, 9.17) is 16.3 Å². The third-order valence-corrected chi connectivity index (χ3v) is 7.24. The first-order valence-electron chi connectivity index (χ1n) is 11.1. The first-order chi connectivity index (χ1) is 16.5. The third kappa shape index (κ3) is 10.2. The van der Waals surface area contributed by atoms with E-state index in [0.717, 1.165) is 33.4 Å². The van der Waals surface area contributed by atoms with E-state index < -0.39 is 22.9 Å². The van der Waals surface area contributed by atoms with Crippen LogP contribution in [-0.2, 0) is 20.7 Å². The number of nitrogens with one attached hydrogen (secondary N) is 1. The number of halogens is 1. The molecule has 0 amide bonds. The lowest BCUT2D eigenvalue weighted by Gasteiger charge is -2.33. The standard InChI is InChI=1S/C27H35ClN2O3S2/c1-9-12-18(4)24(15-22-19(5)16-29-17-23(22)28)33-26(32)25(27(7,8)34-20(6)31)30-35-21(13-10-2)14-11-3/h9-14,16-17,24-25,30H,1-2,15H2,3-8H3/b14-11-,18-12+,21-13+. The first kappa shape index (κ1) is 31.0. The Labute approximate surface area is 223 Å². The fourth-order valence-corrected chi connectivity index (χ4v) is 5.62. The number of ether oxygens (including phenoxy) is 1. The number of nitrogens with zero attached hydrogens (tertiary/aromatic N) is 1. The van der Waals surface area contributed by atoms with Crippen LogP contribution in [-0.4, -0.2) is 33.0 Å². The van der Waals surface area contributed by atoms with Gasteiger partial charge in [0.25, 0.3) is 0 Å². The van der Waals surface area contributed by atoms with Gasteiger partial charge in [-0.3, -0.25) is 14.6 Å². The lowest BCUT2D eigenvalue weighted by atomic mass is 9.99. The van der Waals surface area contributed by atoms with Crippen molar-refractivity contribution < 1.29 is 14.3 Å². The molecule has 1 aromatic heterocycles. The number of carbonyl (C=O) groups excluding carboxylic acids is 2. The fourth-order valence-electron chi connectivity index (χ4n) is 3.23. The van der Waals surface area contributed by atoms with Crippen LogP contribution in [0.3, 0.4) is 0 Å². The normalized spacial score (nSPS) is 14.5. The molecule has 0 bridgehead atoms. The highest BCUT2D eigenvalue weighted by Crippen LogP contribution is 2.33. The molecule has 1 rings (SSSR count). The Hall–Kier alpha value is -2.06. The molecule has 0 aliphatic heterocycles. The van der Waals surface area contributed by atoms with Crippen molar-refractivity contribution in [2.24, 2.45) is 0 Å². The Morgan fingerprint density at radius 3 is 2.43 bits per heavy atom. The molecule has 0 aliphatic carbocycles. The number of esters is 1. The van der Waals surface area contributed by atoms with E-state index in [1.54, 1.807) is 24.5 Å². The van der Waals surface area contributed by atoms with Gasteiger partial charge in [0.1, 0.15) is 12.1 Å². The van der Waals surface area contributed by atoms with Crippen molar-refractivity contribution >= 4 is 46.4 Å². The van der Waals surface area contributed by atoms with E-state index in [1.165, 1.54) is 18.9 Å². The maximum absolute atomic E-state index is 13.6. The molecule has 0 fully saturated rings. The molecule has 0 aliphatic rings. The van der Waals surface area contributed by atoms with E-state index in [0.29, 0.717) is 11.4 Å². The Bertz CT molecular complexity index is 995. The predicted octanol–water partition coefficient (Wildman–Crippen LogP) is 6.94. The molecule has 0 radical (unpaired) electrons. The molecule has 0 saturated carbocycles. The summed E-state index contributed by atoms with van der Waals surface area (Å²) in [5.41, 5.74) is 2.59. The van der Waals surface area contributed by atoms with Crippen LogP contribution < -0.4 is 4.72 Å². The molecule has 0 aromatic carbocycles. The Balaban J connectivity index is 3.33. The molecule has 0 spiro atoms. The minimum absolute atomic E-state index is 0.0895. The SMILES string of the molecule is C=C/C=C(\C=C/C)SNC(C(=O)OC(Cc1c(C)cncc1Cl)/C(C)=C/C=C)C(C)(C)SC(C)=O. The zero-order valence-corrected chi connectivity index (χ0v) is 23.7. The van der Waals surface area contributed by atoms with Crippen molar-refractivity contribution in [1.82, 2.24) is 9.71 Å². The van der Waals surface area contributed by atoms with Gasteiger partial charge >= 0.3 is 5.97 Å². The summed E-state index contributed by atoms with van der Waals surface area (Å²) in [5.74, 6) is -0.473. The van der Waals surface area contributed by atoms with Crippen LogP contribution in [0.25, 0.3) is 0 Å². The lowest BCUT2D eigenvalue weighted by molar-refractivity contribution is -0.149. The summed E-state index contributed by atoms with van der Waals surface area (Å²) in [6.45, 7) is 18.4. The van der Waals surface area contributed by atoms with Gasteiger partial charge in [0.2, 0.25) is 0 Å². The van der Waals surface area contributed by atoms with Crippen LogP contribution in [0.1, 0.15) is 45.7 Å². The van der Waals surface area contributed by atoms with Crippen LogP contribution in [0.15, 0.2) is 72.5 Å². The van der Waals surface area contributed by atoms with Gasteiger partial charge in [-0.15, -0.1) is 0 Å². The van der Waals surface area contributed by atoms with Gasteiger partial charge in [0.05, 0.1) is 5.02 Å². The molecule has 190 valence electrons. The van der Waals surface area contributed by atoms with E-state index in [-0.39, 0.29) is 5.12 Å². The summed E-state index contributed by atoms with van der Waals surface area (Å²) in [6.07, 6.45) is 13.9. The Morgan fingerprint density at radius 2 is 1.89 bits per heavy atom. The summed E-state index contributed by atoms with van der Waals surface area (Å²) < 4.78 is 8.51. The maximum Gasteiger partial charge on any atom is 0.326 e. The van der Waals surface area contributed by atoms with Gasteiger partial charge in [-0.2, -0.15) is 0 Å². The molecule has 1 N–H and O–H groups in total. The summed E-state index contributed by atoms with van der Waals surface area (Å²) >= 11 is 8.78. The molecule has 35 heavy (non-hydrogen) atoms. The van der Waals surface area contributed by atoms with Crippen molar-refractivity contribution in [3.63, 3.8) is 0 Å². The molecule has 2 atom stereocenters. The average Bonchev–Trinajstić information content (AvgIpc) is 2.75. The number of rotatable bonds is 13. The fraction of sp³-hybridized carbons (Fsp3) is 0.370. The van der Waals surface area contributed by atoms with Crippen LogP contribution in [0.5, 0.6) is 0 Å². The number of thioether (sulfide) groups is 1. The number of aryl methyl sites for hydroxylation is 1. The van der Waals surface area contributed by atoms with Crippen LogP contribution in [0.4, 0.5) is 0 Å². The highest BCUT2D eigenvalue weighted by Gasteiger charge is 2.39. The molecule has 0 saturated heterocycles. The third-order valence-electron chi connectivity index (χ3n) is 5.00. The van der Waals surface area contributed by atoms with Gasteiger partial charge in [-0.05, 0) is 69.3 Å². The van der Waals surface area contributed by atoms with Crippen molar-refractivity contribution in [1.29, 1.82) is 0 Å². The highest BCUT2D eigenvalue weighted by atomic mass is 35.5. The van der Waals surface area contributed by atoms with Gasteiger partial charge in [0.15, 0.2) is 5.12 Å². The zero-order valence-electron chi connectivity index (χ0n) is 21.3. The number of pyridine rings is 1. The van der Waals surface area contributed by atoms with E-state index in [1.807, 2.05) is 58.9 Å². The first-order valence-corrected chi connectivity index (χ1v) is 13.1. The Morgan fingerprint density at radius 1 is 1.23 bits per heavy atom. The van der Waals surface area contributed by atoms with E-state index >= 15 is 0 Å². The van der Waals surface area contributed by atoms with Crippen LogP contribution in [0, 0.1) is 6.92 Å². The predicted molar refractivity (Wildman–Crippen MR) is 151 cm³/mol. The number of hydrogen-bond donors (Lipinski definition) is 1. The quantitative estimate of drug-likeness (QED) is 0.167. The van der Waals surface area contributed by atoms with Crippen LogP contribution >= 0.6 is 35.3 Å². The molecule has 1 heterocycles. The number of allylic oxidation sites excluding steroid dienone is 6. The summed E-state index contributed by atoms with van der Waals surface area (Å²) in [5, 5.41) is 0.425. The minimum atomic E-state index is -0.798. The minimum Gasteiger partial charge on any atom is -0.456 e. The van der Waals surface area contributed by atoms with Gasteiger partial charge in [-0.1, -0.05) is 66.9 Å². The number of hydrogen-bond acceptors (Lipinski definition) is 7.